The molecular weight excluding hydrogens is 130 g/mol. The Hall–Kier alpha value is 0.0500. The van der Waals surface area contributed by atoms with Gasteiger partial charge in [0.15, 0.2) is 0 Å². The van der Waals surface area contributed by atoms with Crippen LogP contribution in [0.3, 0.4) is 0 Å². The SMILES string of the molecule is C/C(=C\CCS)CCN. The van der Waals surface area contributed by atoms with Crippen LogP contribution in [0, 0.1) is 0 Å². The molecule has 0 saturated heterocycles. The Kier molecular flexibility index (Phi) is 6.21. The Morgan fingerprint density at radius 2 is 2.33 bits per heavy atom. The maximum atomic E-state index is 5.34. The van der Waals surface area contributed by atoms with Crippen molar-refractivity contribution in [3.8, 4) is 0 Å². The molecule has 2 N–H and O–H groups in total. The molecule has 0 heterocycles. The van der Waals surface area contributed by atoms with Crippen LogP contribution in [0.5, 0.6) is 0 Å². The second kappa shape index (κ2) is 6.17. The highest BCUT2D eigenvalue weighted by Crippen LogP contribution is 1.99. The van der Waals surface area contributed by atoms with E-state index in [1.54, 1.807) is 0 Å². The summed E-state index contributed by atoms with van der Waals surface area (Å²) in [7, 11) is 0. The molecule has 0 aromatic carbocycles. The van der Waals surface area contributed by atoms with Crippen molar-refractivity contribution in [2.75, 3.05) is 12.3 Å². The van der Waals surface area contributed by atoms with Crippen molar-refractivity contribution >= 4 is 12.6 Å². The normalized spacial score (nSPS) is 12.1. The Labute approximate surface area is 62.7 Å². The highest BCUT2D eigenvalue weighted by Gasteiger charge is 1.84. The van der Waals surface area contributed by atoms with Gasteiger partial charge in [0.05, 0.1) is 0 Å². The van der Waals surface area contributed by atoms with Gasteiger partial charge in [-0.1, -0.05) is 11.6 Å². The molecule has 0 aliphatic heterocycles. The first-order chi connectivity index (χ1) is 4.31. The van der Waals surface area contributed by atoms with Crippen molar-refractivity contribution < 1.29 is 0 Å². The van der Waals surface area contributed by atoms with Gasteiger partial charge in [-0.25, -0.2) is 0 Å². The monoisotopic (exact) mass is 145 g/mol. The summed E-state index contributed by atoms with van der Waals surface area (Å²) in [4.78, 5) is 0. The van der Waals surface area contributed by atoms with Gasteiger partial charge >= 0.3 is 0 Å². The van der Waals surface area contributed by atoms with Crippen molar-refractivity contribution in [3.63, 3.8) is 0 Å². The number of hydrogen-bond donors (Lipinski definition) is 2. The summed E-state index contributed by atoms with van der Waals surface area (Å²) in [6.45, 7) is 2.87. The lowest BCUT2D eigenvalue weighted by molar-refractivity contribution is 0.939. The zero-order valence-corrected chi connectivity index (χ0v) is 6.82. The van der Waals surface area contributed by atoms with Crippen molar-refractivity contribution in [3.05, 3.63) is 11.6 Å². The Morgan fingerprint density at radius 1 is 1.67 bits per heavy atom. The van der Waals surface area contributed by atoms with E-state index >= 15 is 0 Å². The first-order valence-corrected chi connectivity index (χ1v) is 3.91. The number of thiol groups is 1. The van der Waals surface area contributed by atoms with Crippen molar-refractivity contribution in [2.45, 2.75) is 19.8 Å². The van der Waals surface area contributed by atoms with Crippen LogP contribution < -0.4 is 5.73 Å². The van der Waals surface area contributed by atoms with E-state index in [0.717, 1.165) is 25.1 Å². The first-order valence-electron chi connectivity index (χ1n) is 3.27. The topological polar surface area (TPSA) is 26.0 Å². The van der Waals surface area contributed by atoms with Crippen LogP contribution in [0.25, 0.3) is 0 Å². The van der Waals surface area contributed by atoms with Crippen LogP contribution in [0.1, 0.15) is 19.8 Å². The van der Waals surface area contributed by atoms with Gasteiger partial charge in [-0.3, -0.25) is 0 Å². The van der Waals surface area contributed by atoms with Gasteiger partial charge in [-0.15, -0.1) is 0 Å². The first kappa shape index (κ1) is 9.05. The summed E-state index contributed by atoms with van der Waals surface area (Å²) in [5, 5.41) is 0. The van der Waals surface area contributed by atoms with Gasteiger partial charge in [-0.2, -0.15) is 12.6 Å². The van der Waals surface area contributed by atoms with Gasteiger partial charge < -0.3 is 5.73 Å². The van der Waals surface area contributed by atoms with Crippen LogP contribution in [-0.2, 0) is 0 Å². The molecule has 0 aliphatic rings. The molecular formula is C7H15NS. The number of rotatable bonds is 4. The molecule has 0 fully saturated rings. The van der Waals surface area contributed by atoms with Crippen LogP contribution in [-0.4, -0.2) is 12.3 Å². The predicted octanol–water partition coefficient (Wildman–Crippen LogP) is 1.60. The van der Waals surface area contributed by atoms with Gasteiger partial charge in [0.25, 0.3) is 0 Å². The third kappa shape index (κ3) is 5.93. The fourth-order valence-electron chi connectivity index (χ4n) is 0.641. The fourth-order valence-corrected chi connectivity index (χ4v) is 0.770. The zero-order valence-electron chi connectivity index (χ0n) is 5.93. The lowest BCUT2D eigenvalue weighted by atomic mass is 10.2. The average Bonchev–Trinajstić information content (AvgIpc) is 1.85. The number of nitrogens with two attached hydrogens (primary N) is 1. The molecule has 0 atom stereocenters. The minimum atomic E-state index is 0.759. The second-order valence-corrected chi connectivity index (χ2v) is 2.55. The minimum absolute atomic E-state index is 0.759. The molecule has 2 heteroatoms. The van der Waals surface area contributed by atoms with Gasteiger partial charge in [0, 0.05) is 0 Å². The third-order valence-corrected chi connectivity index (χ3v) is 1.42. The predicted molar refractivity (Wildman–Crippen MR) is 45.9 cm³/mol. The van der Waals surface area contributed by atoms with E-state index in [4.69, 9.17) is 5.73 Å². The van der Waals surface area contributed by atoms with E-state index in [1.807, 2.05) is 0 Å². The molecule has 0 unspecified atom stereocenters. The summed E-state index contributed by atoms with van der Waals surface area (Å²) in [6.07, 6.45) is 4.28. The molecule has 0 spiro atoms. The van der Waals surface area contributed by atoms with Gasteiger partial charge in [0.1, 0.15) is 0 Å². The highest BCUT2D eigenvalue weighted by molar-refractivity contribution is 7.80. The molecule has 0 aliphatic carbocycles. The summed E-state index contributed by atoms with van der Waals surface area (Å²) in [6, 6.07) is 0. The fraction of sp³-hybridized carbons (Fsp3) is 0.714. The molecule has 0 bridgehead atoms. The lowest BCUT2D eigenvalue weighted by Gasteiger charge is -1.94. The third-order valence-electron chi connectivity index (χ3n) is 1.16. The van der Waals surface area contributed by atoms with E-state index in [1.165, 1.54) is 5.57 Å². The minimum Gasteiger partial charge on any atom is -0.330 e. The molecule has 0 amide bonds. The van der Waals surface area contributed by atoms with Crippen LogP contribution in [0.15, 0.2) is 11.6 Å². The Bertz CT molecular complexity index is 88.9. The number of hydrogen-bond acceptors (Lipinski definition) is 2. The molecule has 0 aromatic heterocycles. The van der Waals surface area contributed by atoms with Gasteiger partial charge in [-0.05, 0) is 32.1 Å². The standard InChI is InChI=1S/C7H15NS/c1-7(4-5-8)3-2-6-9/h3,9H,2,4-6,8H2,1H3/b7-3+. The van der Waals surface area contributed by atoms with Crippen LogP contribution in [0.2, 0.25) is 0 Å². The van der Waals surface area contributed by atoms with Crippen molar-refractivity contribution in [1.82, 2.24) is 0 Å². The summed E-state index contributed by atoms with van der Waals surface area (Å²) < 4.78 is 0. The quantitative estimate of drug-likeness (QED) is 0.456. The van der Waals surface area contributed by atoms with Crippen molar-refractivity contribution in [2.24, 2.45) is 5.73 Å². The second-order valence-electron chi connectivity index (χ2n) is 2.10. The lowest BCUT2D eigenvalue weighted by Crippen LogP contribution is -1.98. The summed E-state index contributed by atoms with van der Waals surface area (Å²) in [5.41, 5.74) is 6.72. The zero-order chi connectivity index (χ0) is 7.11. The van der Waals surface area contributed by atoms with E-state index in [9.17, 15) is 0 Å². The van der Waals surface area contributed by atoms with Crippen LogP contribution >= 0.6 is 12.6 Å². The largest absolute Gasteiger partial charge is 0.330 e. The molecule has 0 saturated carbocycles. The van der Waals surface area contributed by atoms with E-state index < -0.39 is 0 Å². The van der Waals surface area contributed by atoms with E-state index in [-0.39, 0.29) is 0 Å². The van der Waals surface area contributed by atoms with Gasteiger partial charge in [0.2, 0.25) is 0 Å². The van der Waals surface area contributed by atoms with Crippen molar-refractivity contribution in [1.29, 1.82) is 0 Å². The molecule has 9 heavy (non-hydrogen) atoms. The molecule has 0 radical (unpaired) electrons. The van der Waals surface area contributed by atoms with E-state index in [2.05, 4.69) is 25.6 Å². The average molecular weight is 145 g/mol. The molecule has 0 aromatic rings. The van der Waals surface area contributed by atoms with E-state index in [0.29, 0.717) is 0 Å². The summed E-state index contributed by atoms with van der Waals surface area (Å²) >= 11 is 4.09. The Balaban J connectivity index is 3.30. The molecule has 1 nitrogen and oxygen atoms in total. The maximum Gasteiger partial charge on any atom is -0.00401 e. The molecule has 54 valence electrons. The summed E-state index contributed by atoms with van der Waals surface area (Å²) in [5.74, 6) is 0.932. The maximum absolute atomic E-state index is 5.34. The molecule has 0 rings (SSSR count). The smallest absolute Gasteiger partial charge is 0.00401 e. The van der Waals surface area contributed by atoms with Crippen LogP contribution in [0.4, 0.5) is 0 Å². The Morgan fingerprint density at radius 3 is 2.78 bits per heavy atom. The highest BCUT2D eigenvalue weighted by atomic mass is 32.1. The number of allylic oxidation sites excluding steroid dienone is 1.